The molecule has 0 radical (unpaired) electrons. The molecule has 1 atom stereocenters. The van der Waals surface area contributed by atoms with Crippen LogP contribution < -0.4 is 14.4 Å². The molecule has 1 saturated heterocycles. The number of hydrogen-bond acceptors (Lipinski definition) is 6. The molecule has 9 heteroatoms. The molecule has 0 unspecified atom stereocenters. The molecular formula is C23H31N3O5S. The van der Waals surface area contributed by atoms with Gasteiger partial charge in [-0.3, -0.25) is 14.0 Å². The lowest BCUT2D eigenvalue weighted by atomic mass is 10.1. The van der Waals surface area contributed by atoms with Crippen molar-refractivity contribution in [3.8, 4) is 5.75 Å². The molecule has 1 fully saturated rings. The standard InChI is InChI=1S/C23H31N3O5S/c1-18(26(32(3,28)29)21-7-9-22(30-2)10-8-21)23(27)24-16-19-5-4-6-20(15-19)17-25-11-13-31-14-12-25/h4-10,15,18H,11-14,16-17H2,1-3H3,(H,24,27)/t18-/m0/s1. The zero-order chi connectivity index (χ0) is 23.1. The fourth-order valence-corrected chi connectivity index (χ4v) is 4.91. The van der Waals surface area contributed by atoms with E-state index in [0.29, 0.717) is 18.0 Å². The van der Waals surface area contributed by atoms with Crippen LogP contribution in [-0.4, -0.2) is 64.9 Å². The van der Waals surface area contributed by atoms with Crippen LogP contribution >= 0.6 is 0 Å². The second-order valence-electron chi connectivity index (χ2n) is 7.86. The third-order valence-electron chi connectivity index (χ3n) is 5.38. The lowest BCUT2D eigenvalue weighted by Gasteiger charge is -2.28. The average molecular weight is 462 g/mol. The number of nitrogens with one attached hydrogen (secondary N) is 1. The molecule has 0 bridgehead atoms. The third kappa shape index (κ3) is 6.44. The molecule has 1 amide bonds. The van der Waals surface area contributed by atoms with Crippen molar-refractivity contribution in [2.45, 2.75) is 26.1 Å². The number of amides is 1. The number of rotatable bonds is 9. The van der Waals surface area contributed by atoms with Crippen molar-refractivity contribution in [1.29, 1.82) is 0 Å². The molecule has 1 N–H and O–H groups in total. The lowest BCUT2D eigenvalue weighted by molar-refractivity contribution is -0.122. The zero-order valence-corrected chi connectivity index (χ0v) is 19.6. The van der Waals surface area contributed by atoms with E-state index in [-0.39, 0.29) is 5.91 Å². The smallest absolute Gasteiger partial charge is 0.243 e. The molecule has 0 aromatic heterocycles. The number of carbonyl (C=O) groups excluding carboxylic acids is 1. The van der Waals surface area contributed by atoms with Crippen LogP contribution in [0.5, 0.6) is 5.75 Å². The Hall–Kier alpha value is -2.62. The van der Waals surface area contributed by atoms with E-state index in [0.717, 1.165) is 49.0 Å². The van der Waals surface area contributed by atoms with Crippen LogP contribution in [0.3, 0.4) is 0 Å². The summed E-state index contributed by atoms with van der Waals surface area (Å²) in [5.74, 6) is 0.237. The van der Waals surface area contributed by atoms with Gasteiger partial charge in [-0.2, -0.15) is 0 Å². The molecule has 32 heavy (non-hydrogen) atoms. The normalized spacial score (nSPS) is 15.7. The quantitative estimate of drug-likeness (QED) is 0.615. The fraction of sp³-hybridized carbons (Fsp3) is 0.435. The topological polar surface area (TPSA) is 88.2 Å². The van der Waals surface area contributed by atoms with Gasteiger partial charge in [0, 0.05) is 26.2 Å². The first-order valence-electron chi connectivity index (χ1n) is 10.6. The molecule has 174 valence electrons. The first kappa shape index (κ1) is 24.0. The van der Waals surface area contributed by atoms with Crippen LogP contribution in [0.15, 0.2) is 48.5 Å². The summed E-state index contributed by atoms with van der Waals surface area (Å²) in [6.45, 7) is 6.05. The first-order valence-corrected chi connectivity index (χ1v) is 12.4. The highest BCUT2D eigenvalue weighted by molar-refractivity contribution is 7.92. The van der Waals surface area contributed by atoms with Gasteiger partial charge in [-0.15, -0.1) is 0 Å². The molecule has 0 aliphatic carbocycles. The number of nitrogens with zero attached hydrogens (tertiary/aromatic N) is 2. The van der Waals surface area contributed by atoms with Crippen molar-refractivity contribution in [2.24, 2.45) is 0 Å². The summed E-state index contributed by atoms with van der Waals surface area (Å²) < 4.78 is 36.5. The lowest BCUT2D eigenvalue weighted by Crippen LogP contribution is -2.47. The maximum atomic E-state index is 12.8. The van der Waals surface area contributed by atoms with E-state index in [1.807, 2.05) is 12.1 Å². The van der Waals surface area contributed by atoms with Gasteiger partial charge >= 0.3 is 0 Å². The molecule has 3 rings (SSSR count). The van der Waals surface area contributed by atoms with Crippen LogP contribution in [0.25, 0.3) is 0 Å². The Morgan fingerprint density at radius 2 is 1.81 bits per heavy atom. The molecule has 1 aliphatic heterocycles. The highest BCUT2D eigenvalue weighted by Gasteiger charge is 2.29. The van der Waals surface area contributed by atoms with E-state index in [2.05, 4.69) is 22.3 Å². The number of sulfonamides is 1. The highest BCUT2D eigenvalue weighted by Crippen LogP contribution is 2.24. The van der Waals surface area contributed by atoms with E-state index in [1.165, 1.54) is 12.7 Å². The zero-order valence-electron chi connectivity index (χ0n) is 18.8. The molecule has 0 spiro atoms. The van der Waals surface area contributed by atoms with Crippen molar-refractivity contribution >= 4 is 21.6 Å². The van der Waals surface area contributed by atoms with Crippen LogP contribution in [0.2, 0.25) is 0 Å². The summed E-state index contributed by atoms with van der Waals surface area (Å²) in [6.07, 6.45) is 1.09. The summed E-state index contributed by atoms with van der Waals surface area (Å²) in [5.41, 5.74) is 2.54. The SMILES string of the molecule is COc1ccc(N([C@@H](C)C(=O)NCc2cccc(CN3CCOCC3)c2)S(C)(=O)=O)cc1. The summed E-state index contributed by atoms with van der Waals surface area (Å²) >= 11 is 0. The largest absolute Gasteiger partial charge is 0.497 e. The summed E-state index contributed by atoms with van der Waals surface area (Å²) in [5, 5.41) is 2.87. The summed E-state index contributed by atoms with van der Waals surface area (Å²) in [7, 11) is -2.13. The number of morpholine rings is 1. The minimum Gasteiger partial charge on any atom is -0.497 e. The van der Waals surface area contributed by atoms with E-state index >= 15 is 0 Å². The second-order valence-corrected chi connectivity index (χ2v) is 9.72. The summed E-state index contributed by atoms with van der Waals surface area (Å²) in [4.78, 5) is 15.2. The van der Waals surface area contributed by atoms with E-state index in [1.54, 1.807) is 31.2 Å². The molecule has 2 aromatic rings. The van der Waals surface area contributed by atoms with Gasteiger partial charge in [0.1, 0.15) is 11.8 Å². The van der Waals surface area contributed by atoms with Crippen molar-refractivity contribution in [3.05, 3.63) is 59.7 Å². The number of carbonyl (C=O) groups is 1. The van der Waals surface area contributed by atoms with Crippen LogP contribution in [0.1, 0.15) is 18.1 Å². The molecule has 1 aliphatic rings. The molecular weight excluding hydrogens is 430 g/mol. The Morgan fingerprint density at radius 3 is 2.44 bits per heavy atom. The Labute approximate surface area is 190 Å². The van der Waals surface area contributed by atoms with Gasteiger partial charge in [-0.05, 0) is 42.3 Å². The summed E-state index contributed by atoms with van der Waals surface area (Å²) in [6, 6.07) is 13.7. The number of ether oxygens (including phenoxy) is 2. The monoisotopic (exact) mass is 461 g/mol. The first-order chi connectivity index (χ1) is 15.3. The van der Waals surface area contributed by atoms with Crippen molar-refractivity contribution in [2.75, 3.05) is 44.0 Å². The Morgan fingerprint density at radius 1 is 1.16 bits per heavy atom. The Balaban J connectivity index is 1.65. The van der Waals surface area contributed by atoms with Gasteiger partial charge < -0.3 is 14.8 Å². The average Bonchev–Trinajstić information content (AvgIpc) is 2.78. The minimum absolute atomic E-state index is 0.320. The van der Waals surface area contributed by atoms with Crippen molar-refractivity contribution < 1.29 is 22.7 Å². The van der Waals surface area contributed by atoms with Gasteiger partial charge in [0.15, 0.2) is 0 Å². The Bertz CT molecular complexity index is 1000. The van der Waals surface area contributed by atoms with Crippen molar-refractivity contribution in [3.63, 3.8) is 0 Å². The van der Waals surface area contributed by atoms with Crippen molar-refractivity contribution in [1.82, 2.24) is 10.2 Å². The molecule has 1 heterocycles. The number of methoxy groups -OCH3 is 1. The van der Waals surface area contributed by atoms with Gasteiger partial charge in [0.25, 0.3) is 0 Å². The number of anilines is 1. The van der Waals surface area contributed by atoms with Crippen LogP contribution in [0.4, 0.5) is 5.69 Å². The van der Waals surface area contributed by atoms with E-state index in [9.17, 15) is 13.2 Å². The van der Waals surface area contributed by atoms with Gasteiger partial charge in [-0.25, -0.2) is 8.42 Å². The maximum Gasteiger partial charge on any atom is 0.243 e. The van der Waals surface area contributed by atoms with Gasteiger partial charge in [-0.1, -0.05) is 24.3 Å². The number of hydrogen-bond donors (Lipinski definition) is 1. The maximum absolute atomic E-state index is 12.8. The molecule has 2 aromatic carbocycles. The van der Waals surface area contributed by atoms with Gasteiger partial charge in [0.05, 0.1) is 32.3 Å². The minimum atomic E-state index is -3.67. The van der Waals surface area contributed by atoms with Crippen LogP contribution in [-0.2, 0) is 32.6 Å². The van der Waals surface area contributed by atoms with E-state index in [4.69, 9.17) is 9.47 Å². The Kier molecular flexibility index (Phi) is 8.11. The second kappa shape index (κ2) is 10.8. The highest BCUT2D eigenvalue weighted by atomic mass is 32.2. The van der Waals surface area contributed by atoms with E-state index < -0.39 is 16.1 Å². The predicted molar refractivity (Wildman–Crippen MR) is 124 cm³/mol. The van der Waals surface area contributed by atoms with Crippen LogP contribution in [0, 0.1) is 0 Å². The molecule has 0 saturated carbocycles. The third-order valence-corrected chi connectivity index (χ3v) is 6.63. The van der Waals surface area contributed by atoms with Gasteiger partial charge in [0.2, 0.25) is 15.9 Å². The molecule has 8 nitrogen and oxygen atoms in total. The number of benzene rings is 2. The fourth-order valence-electron chi connectivity index (χ4n) is 3.73. The predicted octanol–water partition coefficient (Wildman–Crippen LogP) is 2.00.